The van der Waals surface area contributed by atoms with Gasteiger partial charge in [-0.15, -0.1) is 0 Å². The Kier molecular flexibility index (Phi) is 3.76. The van der Waals surface area contributed by atoms with Gasteiger partial charge in [0.25, 0.3) is 5.24 Å². The molecule has 0 saturated heterocycles. The third kappa shape index (κ3) is 2.16. The lowest BCUT2D eigenvalue weighted by atomic mass is 9.98. The third-order valence-electron chi connectivity index (χ3n) is 2.62. The van der Waals surface area contributed by atoms with E-state index in [-0.39, 0.29) is 5.56 Å². The first-order chi connectivity index (χ1) is 9.36. The van der Waals surface area contributed by atoms with Crippen molar-refractivity contribution in [2.24, 2.45) is 0 Å². The molecule has 2 aromatic carbocycles. The van der Waals surface area contributed by atoms with E-state index in [0.717, 1.165) is 12.1 Å². The molecule has 104 valence electrons. The highest BCUT2D eigenvalue weighted by Crippen LogP contribution is 2.33. The molecule has 0 N–H and O–H groups in total. The van der Waals surface area contributed by atoms with Crippen LogP contribution in [0.3, 0.4) is 0 Å². The van der Waals surface area contributed by atoms with Crippen LogP contribution in [0.4, 0.5) is 22.0 Å². The standard InChI is InChI=1S/C13H4ClF5O/c14-13(20)6-4-2-1-3-5(6)7-8(15)10(17)12(19)11(18)9(7)16/h1-4H. The molecule has 7 heteroatoms. The molecule has 0 bridgehead atoms. The van der Waals surface area contributed by atoms with Gasteiger partial charge in [-0.2, -0.15) is 0 Å². The normalized spacial score (nSPS) is 10.7. The van der Waals surface area contributed by atoms with Gasteiger partial charge in [-0.1, -0.05) is 18.2 Å². The lowest BCUT2D eigenvalue weighted by Crippen LogP contribution is -2.06. The van der Waals surface area contributed by atoms with Gasteiger partial charge < -0.3 is 0 Å². The molecule has 0 aliphatic heterocycles. The number of halogens is 6. The van der Waals surface area contributed by atoms with Gasteiger partial charge in [-0.25, -0.2) is 22.0 Å². The molecule has 2 aromatic rings. The lowest BCUT2D eigenvalue weighted by Gasteiger charge is -2.10. The zero-order valence-corrected chi connectivity index (χ0v) is 10.2. The highest BCUT2D eigenvalue weighted by molar-refractivity contribution is 6.68. The Hall–Kier alpha value is -1.95. The van der Waals surface area contributed by atoms with Crippen LogP contribution in [-0.4, -0.2) is 5.24 Å². The molecule has 0 saturated carbocycles. The van der Waals surface area contributed by atoms with E-state index in [0.29, 0.717) is 0 Å². The zero-order chi connectivity index (χ0) is 15.0. The fourth-order valence-corrected chi connectivity index (χ4v) is 1.88. The first kappa shape index (κ1) is 14.5. The summed E-state index contributed by atoms with van der Waals surface area (Å²) in [6.45, 7) is 0. The monoisotopic (exact) mass is 306 g/mol. The number of hydrogen-bond acceptors (Lipinski definition) is 1. The van der Waals surface area contributed by atoms with E-state index < -0.39 is 45.5 Å². The SMILES string of the molecule is O=C(Cl)c1ccccc1-c1c(F)c(F)c(F)c(F)c1F. The van der Waals surface area contributed by atoms with Crippen LogP contribution >= 0.6 is 11.6 Å². The van der Waals surface area contributed by atoms with E-state index in [2.05, 4.69) is 0 Å². The molecule has 0 aliphatic rings. The molecule has 0 amide bonds. The van der Waals surface area contributed by atoms with E-state index in [1.165, 1.54) is 12.1 Å². The maximum atomic E-state index is 13.7. The lowest BCUT2D eigenvalue weighted by molar-refractivity contribution is 0.108. The number of carbonyl (C=O) groups is 1. The largest absolute Gasteiger partial charge is 0.276 e. The number of benzene rings is 2. The van der Waals surface area contributed by atoms with Crippen LogP contribution in [0, 0.1) is 29.1 Å². The van der Waals surface area contributed by atoms with Gasteiger partial charge in [0, 0.05) is 5.56 Å². The third-order valence-corrected chi connectivity index (χ3v) is 2.82. The van der Waals surface area contributed by atoms with Crippen LogP contribution in [-0.2, 0) is 0 Å². The number of rotatable bonds is 2. The summed E-state index contributed by atoms with van der Waals surface area (Å²) in [6.07, 6.45) is 0. The summed E-state index contributed by atoms with van der Waals surface area (Å²) in [5.41, 5.74) is -2.02. The summed E-state index contributed by atoms with van der Waals surface area (Å²) < 4.78 is 66.5. The van der Waals surface area contributed by atoms with Crippen molar-refractivity contribution in [2.45, 2.75) is 0 Å². The molecular weight excluding hydrogens is 303 g/mol. The molecule has 2 rings (SSSR count). The molecule has 1 nitrogen and oxygen atoms in total. The van der Waals surface area contributed by atoms with Gasteiger partial charge in [-0.05, 0) is 23.2 Å². The summed E-state index contributed by atoms with van der Waals surface area (Å²) in [5, 5.41) is -1.08. The molecule has 0 atom stereocenters. The first-order valence-electron chi connectivity index (χ1n) is 5.17. The second kappa shape index (κ2) is 5.20. The molecule has 0 aromatic heterocycles. The van der Waals surface area contributed by atoms with Crippen LogP contribution in [0.2, 0.25) is 0 Å². The Morgan fingerprint density at radius 3 is 1.75 bits per heavy atom. The number of carbonyl (C=O) groups excluding carboxylic acids is 1. The Morgan fingerprint density at radius 1 is 0.800 bits per heavy atom. The second-order valence-corrected chi connectivity index (χ2v) is 4.11. The Bertz CT molecular complexity index is 685. The predicted molar refractivity (Wildman–Crippen MR) is 61.9 cm³/mol. The van der Waals surface area contributed by atoms with E-state index in [1.54, 1.807) is 0 Å². The van der Waals surface area contributed by atoms with Crippen LogP contribution in [0.15, 0.2) is 24.3 Å². The van der Waals surface area contributed by atoms with Crippen molar-refractivity contribution in [1.82, 2.24) is 0 Å². The van der Waals surface area contributed by atoms with Gasteiger partial charge >= 0.3 is 0 Å². The van der Waals surface area contributed by atoms with Gasteiger partial charge in [0.1, 0.15) is 0 Å². The molecular formula is C13H4ClF5O. The number of hydrogen-bond donors (Lipinski definition) is 0. The zero-order valence-electron chi connectivity index (χ0n) is 9.49. The van der Waals surface area contributed by atoms with E-state index in [9.17, 15) is 26.7 Å². The van der Waals surface area contributed by atoms with Crippen LogP contribution in [0.25, 0.3) is 11.1 Å². The van der Waals surface area contributed by atoms with Crippen molar-refractivity contribution in [3.63, 3.8) is 0 Å². The minimum Gasteiger partial charge on any atom is -0.276 e. The van der Waals surface area contributed by atoms with Gasteiger partial charge in [-0.3, -0.25) is 4.79 Å². The second-order valence-electron chi connectivity index (χ2n) is 3.76. The first-order valence-corrected chi connectivity index (χ1v) is 5.54. The highest BCUT2D eigenvalue weighted by Gasteiger charge is 2.28. The fraction of sp³-hybridized carbons (Fsp3) is 0. The Morgan fingerprint density at radius 2 is 1.25 bits per heavy atom. The van der Waals surface area contributed by atoms with Gasteiger partial charge in [0.15, 0.2) is 23.3 Å². The van der Waals surface area contributed by atoms with Gasteiger partial charge in [0.05, 0.1) is 5.56 Å². The molecule has 0 radical (unpaired) electrons. The summed E-state index contributed by atoms with van der Waals surface area (Å²) in [5.74, 6) is -10.5. The summed E-state index contributed by atoms with van der Waals surface area (Å²) in [4.78, 5) is 11.2. The Labute approximate surface area is 114 Å². The molecule has 0 heterocycles. The van der Waals surface area contributed by atoms with Gasteiger partial charge in [0.2, 0.25) is 5.82 Å². The average molecular weight is 307 g/mol. The van der Waals surface area contributed by atoms with Crippen molar-refractivity contribution in [3.05, 3.63) is 58.9 Å². The topological polar surface area (TPSA) is 17.1 Å². The Balaban J connectivity index is 2.88. The fourth-order valence-electron chi connectivity index (χ4n) is 1.71. The van der Waals surface area contributed by atoms with Crippen LogP contribution < -0.4 is 0 Å². The summed E-state index contributed by atoms with van der Waals surface area (Å²) in [6, 6.07) is 4.76. The molecule has 20 heavy (non-hydrogen) atoms. The molecule has 0 spiro atoms. The van der Waals surface area contributed by atoms with E-state index in [1.807, 2.05) is 0 Å². The van der Waals surface area contributed by atoms with Crippen molar-refractivity contribution in [1.29, 1.82) is 0 Å². The molecule has 0 unspecified atom stereocenters. The predicted octanol–water partition coefficient (Wildman–Crippen LogP) is 4.43. The van der Waals surface area contributed by atoms with Crippen LogP contribution in [0.5, 0.6) is 0 Å². The molecule has 0 aliphatic carbocycles. The minimum absolute atomic E-state index is 0.364. The average Bonchev–Trinajstić information content (AvgIpc) is 2.43. The molecule has 0 fully saturated rings. The van der Waals surface area contributed by atoms with Crippen molar-refractivity contribution < 1.29 is 26.7 Å². The maximum Gasteiger partial charge on any atom is 0.253 e. The van der Waals surface area contributed by atoms with E-state index >= 15 is 0 Å². The minimum atomic E-state index is -2.27. The van der Waals surface area contributed by atoms with Crippen LogP contribution in [0.1, 0.15) is 10.4 Å². The quantitative estimate of drug-likeness (QED) is 0.347. The highest BCUT2D eigenvalue weighted by atomic mass is 35.5. The van der Waals surface area contributed by atoms with E-state index in [4.69, 9.17) is 11.6 Å². The van der Waals surface area contributed by atoms with Crippen molar-refractivity contribution >= 4 is 16.8 Å². The smallest absolute Gasteiger partial charge is 0.253 e. The van der Waals surface area contributed by atoms with Crippen molar-refractivity contribution in [2.75, 3.05) is 0 Å². The summed E-state index contributed by atoms with van der Waals surface area (Å²) in [7, 11) is 0. The van der Waals surface area contributed by atoms with Crippen molar-refractivity contribution in [3.8, 4) is 11.1 Å². The maximum absolute atomic E-state index is 13.7. The summed E-state index contributed by atoms with van der Waals surface area (Å²) >= 11 is 5.23.